The van der Waals surface area contributed by atoms with E-state index in [0.29, 0.717) is 13.0 Å². The van der Waals surface area contributed by atoms with Gasteiger partial charge in [0.2, 0.25) is 0 Å². The van der Waals surface area contributed by atoms with E-state index in [9.17, 15) is 5.11 Å². The van der Waals surface area contributed by atoms with Crippen molar-refractivity contribution in [3.05, 3.63) is 24.3 Å². The predicted molar refractivity (Wildman–Crippen MR) is 84.0 cm³/mol. The molecule has 0 unspecified atom stereocenters. The van der Waals surface area contributed by atoms with E-state index in [2.05, 4.69) is 0 Å². The van der Waals surface area contributed by atoms with Crippen molar-refractivity contribution in [3.63, 3.8) is 0 Å². The zero-order valence-corrected chi connectivity index (χ0v) is 13.6. The molecule has 1 aliphatic heterocycles. The number of hydrogen-bond donors (Lipinski definition) is 1. The number of aliphatic hydroxyl groups is 1. The Balaban J connectivity index is 1.97. The average molecular weight is 292 g/mol. The van der Waals surface area contributed by atoms with Crippen LogP contribution in [0.2, 0.25) is 0 Å². The van der Waals surface area contributed by atoms with Crippen molar-refractivity contribution in [2.45, 2.75) is 58.3 Å². The van der Waals surface area contributed by atoms with E-state index < -0.39 is 0 Å². The molecule has 0 amide bonds. The molecule has 1 atom stereocenters. The standard InChI is InChI=1S/C16H25BO4/c1-12(18)10-11-19-14-8-6-13(7-9-14)17-20-15(2,3)16(4,5)21-17/h6-9,12,18H,10-11H2,1-5H3/t12-/m0/s1. The van der Waals surface area contributed by atoms with Gasteiger partial charge in [0.1, 0.15) is 5.75 Å². The number of ether oxygens (including phenoxy) is 1. The van der Waals surface area contributed by atoms with Gasteiger partial charge in [0.05, 0.1) is 23.9 Å². The zero-order valence-electron chi connectivity index (χ0n) is 13.6. The van der Waals surface area contributed by atoms with Gasteiger partial charge in [-0.3, -0.25) is 0 Å². The Morgan fingerprint density at radius 2 is 1.62 bits per heavy atom. The summed E-state index contributed by atoms with van der Waals surface area (Å²) in [5, 5.41) is 9.20. The minimum Gasteiger partial charge on any atom is -0.493 e. The molecule has 116 valence electrons. The summed E-state index contributed by atoms with van der Waals surface area (Å²) in [5.41, 5.74) is 0.324. The minimum atomic E-state index is -0.346. The monoisotopic (exact) mass is 292 g/mol. The normalized spacial score (nSPS) is 21.3. The van der Waals surface area contributed by atoms with E-state index in [4.69, 9.17) is 14.0 Å². The van der Waals surface area contributed by atoms with Crippen LogP contribution in [-0.4, -0.2) is 36.1 Å². The van der Waals surface area contributed by atoms with Crippen LogP contribution in [0.15, 0.2) is 24.3 Å². The molecular formula is C16H25BO4. The van der Waals surface area contributed by atoms with Crippen LogP contribution in [0, 0.1) is 0 Å². The summed E-state index contributed by atoms with van der Waals surface area (Å²) in [6.45, 7) is 10.4. The van der Waals surface area contributed by atoms with Gasteiger partial charge >= 0.3 is 7.12 Å². The second-order valence-corrected chi connectivity index (χ2v) is 6.64. The van der Waals surface area contributed by atoms with Gasteiger partial charge in [-0.2, -0.15) is 0 Å². The Kier molecular flexibility index (Phi) is 4.66. The molecule has 0 saturated carbocycles. The third-order valence-electron chi connectivity index (χ3n) is 4.21. The molecule has 1 aliphatic rings. The summed E-state index contributed by atoms with van der Waals surface area (Å²) >= 11 is 0. The van der Waals surface area contributed by atoms with Crippen LogP contribution in [0.4, 0.5) is 0 Å². The molecular weight excluding hydrogens is 267 g/mol. The minimum absolute atomic E-state index is 0.329. The maximum absolute atomic E-state index is 9.20. The van der Waals surface area contributed by atoms with E-state index in [0.717, 1.165) is 11.2 Å². The fourth-order valence-corrected chi connectivity index (χ4v) is 2.05. The van der Waals surface area contributed by atoms with Crippen LogP contribution in [0.1, 0.15) is 41.0 Å². The van der Waals surface area contributed by atoms with Crippen molar-refractivity contribution in [2.24, 2.45) is 0 Å². The SMILES string of the molecule is C[C@H](O)CCOc1ccc(B2OC(C)(C)C(C)(C)O2)cc1. The first-order valence-electron chi connectivity index (χ1n) is 7.48. The Bertz CT molecular complexity index is 452. The lowest BCUT2D eigenvalue weighted by Gasteiger charge is -2.32. The molecule has 1 saturated heterocycles. The van der Waals surface area contributed by atoms with Gasteiger partial charge in [-0.05, 0) is 52.2 Å². The first-order valence-corrected chi connectivity index (χ1v) is 7.48. The van der Waals surface area contributed by atoms with Gasteiger partial charge < -0.3 is 19.2 Å². The number of hydrogen-bond acceptors (Lipinski definition) is 4. The van der Waals surface area contributed by atoms with E-state index in [1.807, 2.05) is 52.0 Å². The molecule has 21 heavy (non-hydrogen) atoms. The second kappa shape index (κ2) is 5.99. The lowest BCUT2D eigenvalue weighted by Crippen LogP contribution is -2.41. The van der Waals surface area contributed by atoms with Crippen molar-refractivity contribution >= 4 is 12.6 Å². The third-order valence-corrected chi connectivity index (χ3v) is 4.21. The first kappa shape index (κ1) is 16.3. The highest BCUT2D eigenvalue weighted by Gasteiger charge is 2.51. The molecule has 4 nitrogen and oxygen atoms in total. The average Bonchev–Trinajstić information content (AvgIpc) is 2.59. The Labute approximate surface area is 127 Å². The van der Waals surface area contributed by atoms with Gasteiger partial charge in [-0.1, -0.05) is 12.1 Å². The Morgan fingerprint density at radius 3 is 2.10 bits per heavy atom. The molecule has 1 aromatic carbocycles. The van der Waals surface area contributed by atoms with E-state index in [1.165, 1.54) is 0 Å². The molecule has 2 rings (SSSR count). The number of aliphatic hydroxyl groups excluding tert-OH is 1. The summed E-state index contributed by atoms with van der Waals surface area (Å²) in [5.74, 6) is 0.788. The third kappa shape index (κ3) is 3.79. The molecule has 1 N–H and O–H groups in total. The predicted octanol–water partition coefficient (Wildman–Crippen LogP) is 2.14. The molecule has 5 heteroatoms. The van der Waals surface area contributed by atoms with Gasteiger partial charge in [0.25, 0.3) is 0 Å². The van der Waals surface area contributed by atoms with E-state index >= 15 is 0 Å². The lowest BCUT2D eigenvalue weighted by molar-refractivity contribution is 0.00578. The fourth-order valence-electron chi connectivity index (χ4n) is 2.05. The summed E-state index contributed by atoms with van der Waals surface area (Å²) < 4.78 is 17.6. The molecule has 1 fully saturated rings. The molecule has 0 spiro atoms. The highest BCUT2D eigenvalue weighted by atomic mass is 16.7. The fraction of sp³-hybridized carbons (Fsp3) is 0.625. The zero-order chi connectivity index (χ0) is 15.7. The van der Waals surface area contributed by atoms with Crippen molar-refractivity contribution < 1.29 is 19.2 Å². The van der Waals surface area contributed by atoms with Crippen molar-refractivity contribution in [2.75, 3.05) is 6.61 Å². The maximum Gasteiger partial charge on any atom is 0.494 e. The maximum atomic E-state index is 9.20. The van der Waals surface area contributed by atoms with Gasteiger partial charge in [-0.15, -0.1) is 0 Å². The molecule has 1 heterocycles. The van der Waals surface area contributed by atoms with Crippen LogP contribution < -0.4 is 10.2 Å². The van der Waals surface area contributed by atoms with Crippen molar-refractivity contribution in [1.29, 1.82) is 0 Å². The molecule has 1 aromatic rings. The largest absolute Gasteiger partial charge is 0.494 e. The van der Waals surface area contributed by atoms with E-state index in [1.54, 1.807) is 6.92 Å². The summed E-state index contributed by atoms with van der Waals surface area (Å²) in [4.78, 5) is 0. The van der Waals surface area contributed by atoms with Gasteiger partial charge in [0, 0.05) is 6.42 Å². The smallest absolute Gasteiger partial charge is 0.493 e. The van der Waals surface area contributed by atoms with Crippen LogP contribution >= 0.6 is 0 Å². The van der Waals surface area contributed by atoms with Gasteiger partial charge in [-0.25, -0.2) is 0 Å². The van der Waals surface area contributed by atoms with Crippen LogP contribution in [0.5, 0.6) is 5.75 Å². The summed E-state index contributed by atoms with van der Waals surface area (Å²) in [7, 11) is -0.346. The summed E-state index contributed by atoms with van der Waals surface area (Å²) in [6, 6.07) is 7.73. The second-order valence-electron chi connectivity index (χ2n) is 6.64. The Morgan fingerprint density at radius 1 is 1.10 bits per heavy atom. The highest BCUT2D eigenvalue weighted by Crippen LogP contribution is 2.36. The lowest BCUT2D eigenvalue weighted by atomic mass is 9.79. The van der Waals surface area contributed by atoms with Gasteiger partial charge in [0.15, 0.2) is 0 Å². The molecule has 0 aromatic heterocycles. The Hall–Kier alpha value is -1.04. The van der Waals surface area contributed by atoms with Crippen molar-refractivity contribution in [3.8, 4) is 5.75 Å². The van der Waals surface area contributed by atoms with Crippen LogP contribution in [-0.2, 0) is 9.31 Å². The first-order chi connectivity index (χ1) is 9.71. The topological polar surface area (TPSA) is 47.9 Å². The van der Waals surface area contributed by atoms with Crippen LogP contribution in [0.25, 0.3) is 0 Å². The van der Waals surface area contributed by atoms with Crippen LogP contribution in [0.3, 0.4) is 0 Å². The quantitative estimate of drug-likeness (QED) is 0.845. The molecule has 0 aliphatic carbocycles. The number of benzene rings is 1. The molecule has 0 bridgehead atoms. The summed E-state index contributed by atoms with van der Waals surface area (Å²) in [6.07, 6.45) is 0.285. The highest BCUT2D eigenvalue weighted by molar-refractivity contribution is 6.62. The van der Waals surface area contributed by atoms with E-state index in [-0.39, 0.29) is 24.4 Å². The number of rotatable bonds is 5. The molecule has 0 radical (unpaired) electrons. The van der Waals surface area contributed by atoms with Crippen molar-refractivity contribution in [1.82, 2.24) is 0 Å².